The van der Waals surface area contributed by atoms with Gasteiger partial charge in [0.1, 0.15) is 5.75 Å². The Morgan fingerprint density at radius 2 is 2.06 bits per heavy atom. The number of carbonyl (C=O) groups is 1. The molecule has 0 aromatic heterocycles. The molecule has 0 spiro atoms. The van der Waals surface area contributed by atoms with Gasteiger partial charge in [0.2, 0.25) is 5.91 Å². The lowest BCUT2D eigenvalue weighted by Crippen LogP contribution is -2.20. The van der Waals surface area contributed by atoms with Gasteiger partial charge in [-0.2, -0.15) is 0 Å². The van der Waals surface area contributed by atoms with E-state index in [0.29, 0.717) is 0 Å². The second-order valence-electron chi connectivity index (χ2n) is 3.24. The van der Waals surface area contributed by atoms with Gasteiger partial charge in [0.15, 0.2) is 0 Å². The van der Waals surface area contributed by atoms with E-state index in [1.54, 1.807) is 0 Å². The van der Waals surface area contributed by atoms with Gasteiger partial charge in [-0.25, -0.2) is 0 Å². The van der Waals surface area contributed by atoms with Gasteiger partial charge in [0.25, 0.3) is 5.69 Å². The first kappa shape index (κ1) is 13.7. The first-order chi connectivity index (χ1) is 8.19. The van der Waals surface area contributed by atoms with Crippen molar-refractivity contribution in [2.24, 2.45) is 5.73 Å². The van der Waals surface area contributed by atoms with Crippen LogP contribution in [0.25, 0.3) is 0 Å². The molecule has 0 aliphatic carbocycles. The highest BCUT2D eigenvalue weighted by atomic mass is 19.4. The molecule has 0 heterocycles. The van der Waals surface area contributed by atoms with Crippen LogP contribution in [0.2, 0.25) is 0 Å². The molecule has 0 fully saturated rings. The number of non-ortho nitro benzene ring substituents is 1. The number of nitrogens with zero attached hydrogens (tertiary/aromatic N) is 1. The highest BCUT2D eigenvalue weighted by Crippen LogP contribution is 2.29. The van der Waals surface area contributed by atoms with E-state index in [0.717, 1.165) is 18.2 Å². The normalized spacial score (nSPS) is 11.1. The number of amides is 1. The summed E-state index contributed by atoms with van der Waals surface area (Å²) in [5.41, 5.74) is 4.08. The molecule has 2 N–H and O–H groups in total. The van der Waals surface area contributed by atoms with Crippen LogP contribution in [0.3, 0.4) is 0 Å². The van der Waals surface area contributed by atoms with E-state index in [4.69, 9.17) is 5.73 Å². The quantitative estimate of drug-likeness (QED) is 0.658. The van der Waals surface area contributed by atoms with Gasteiger partial charge >= 0.3 is 6.36 Å². The van der Waals surface area contributed by atoms with Gasteiger partial charge in [-0.1, -0.05) is 0 Å². The number of ether oxygens (including phenoxy) is 1. The Hall–Kier alpha value is -2.32. The van der Waals surface area contributed by atoms with Gasteiger partial charge in [-0.3, -0.25) is 14.9 Å². The molecular weight excluding hydrogens is 257 g/mol. The van der Waals surface area contributed by atoms with Crippen molar-refractivity contribution < 1.29 is 27.6 Å². The predicted molar refractivity (Wildman–Crippen MR) is 52.7 cm³/mol. The Morgan fingerprint density at radius 1 is 1.44 bits per heavy atom. The minimum atomic E-state index is -4.96. The maximum absolute atomic E-state index is 12.0. The monoisotopic (exact) mass is 264 g/mol. The average molecular weight is 264 g/mol. The first-order valence-corrected chi connectivity index (χ1v) is 4.50. The lowest BCUT2D eigenvalue weighted by atomic mass is 10.1. The topological polar surface area (TPSA) is 95.5 Å². The number of alkyl halides is 3. The molecule has 1 aromatic carbocycles. The number of nitro benzene ring substituents is 1. The van der Waals surface area contributed by atoms with E-state index in [-0.39, 0.29) is 5.56 Å². The van der Waals surface area contributed by atoms with Crippen LogP contribution in [-0.2, 0) is 11.2 Å². The Bertz CT molecular complexity index is 487. The number of hydrogen-bond donors (Lipinski definition) is 1. The highest BCUT2D eigenvalue weighted by molar-refractivity contribution is 5.77. The molecule has 0 saturated heterocycles. The van der Waals surface area contributed by atoms with Crippen molar-refractivity contribution in [1.29, 1.82) is 0 Å². The molecule has 0 saturated carbocycles. The zero-order valence-corrected chi connectivity index (χ0v) is 8.73. The van der Waals surface area contributed by atoms with Crippen LogP contribution in [0.15, 0.2) is 18.2 Å². The van der Waals surface area contributed by atoms with Crippen LogP contribution in [0.5, 0.6) is 5.75 Å². The maximum Gasteiger partial charge on any atom is 0.573 e. The first-order valence-electron chi connectivity index (χ1n) is 4.50. The average Bonchev–Trinajstić information content (AvgIpc) is 2.17. The summed E-state index contributed by atoms with van der Waals surface area (Å²) in [6.45, 7) is 0. The smallest absolute Gasteiger partial charge is 0.405 e. The number of benzene rings is 1. The molecule has 98 valence electrons. The fraction of sp³-hybridized carbons (Fsp3) is 0.222. The number of primary amides is 1. The Labute approximate surface area is 98.3 Å². The highest BCUT2D eigenvalue weighted by Gasteiger charge is 2.32. The van der Waals surface area contributed by atoms with E-state index in [2.05, 4.69) is 4.74 Å². The fourth-order valence-corrected chi connectivity index (χ4v) is 1.23. The predicted octanol–water partition coefficient (Wildman–Crippen LogP) is 1.52. The molecule has 0 atom stereocenters. The van der Waals surface area contributed by atoms with E-state index in [1.807, 2.05) is 0 Å². The second kappa shape index (κ2) is 4.90. The minimum Gasteiger partial charge on any atom is -0.405 e. The zero-order valence-electron chi connectivity index (χ0n) is 8.73. The molecule has 0 bridgehead atoms. The van der Waals surface area contributed by atoms with Crippen LogP contribution in [0, 0.1) is 10.1 Å². The van der Waals surface area contributed by atoms with Crippen LogP contribution in [0.4, 0.5) is 18.9 Å². The van der Waals surface area contributed by atoms with Crippen molar-refractivity contribution in [3.8, 4) is 5.75 Å². The molecule has 18 heavy (non-hydrogen) atoms. The van der Waals surface area contributed by atoms with Gasteiger partial charge in [0, 0.05) is 17.7 Å². The summed E-state index contributed by atoms with van der Waals surface area (Å²) >= 11 is 0. The Kier molecular flexibility index (Phi) is 3.74. The molecule has 1 rings (SSSR count). The van der Waals surface area contributed by atoms with Gasteiger partial charge < -0.3 is 10.5 Å². The molecule has 1 amide bonds. The number of nitrogens with two attached hydrogens (primary N) is 1. The van der Waals surface area contributed by atoms with Crippen molar-refractivity contribution in [2.45, 2.75) is 12.8 Å². The van der Waals surface area contributed by atoms with E-state index >= 15 is 0 Å². The summed E-state index contributed by atoms with van der Waals surface area (Å²) < 4.78 is 39.8. The fourth-order valence-electron chi connectivity index (χ4n) is 1.23. The number of carbonyl (C=O) groups excluding carboxylic acids is 1. The van der Waals surface area contributed by atoms with Gasteiger partial charge in [-0.05, 0) is 6.07 Å². The summed E-state index contributed by atoms with van der Waals surface area (Å²) in [6, 6.07) is 2.42. The van der Waals surface area contributed by atoms with Crippen molar-refractivity contribution in [2.75, 3.05) is 0 Å². The number of halogens is 3. The van der Waals surface area contributed by atoms with Gasteiger partial charge in [-0.15, -0.1) is 13.2 Å². The molecule has 0 radical (unpaired) electrons. The lowest BCUT2D eigenvalue weighted by Gasteiger charge is -2.12. The molecule has 9 heteroatoms. The molecule has 1 aromatic rings. The maximum atomic E-state index is 12.0. The van der Waals surface area contributed by atoms with E-state index in [9.17, 15) is 28.1 Å². The van der Waals surface area contributed by atoms with Crippen molar-refractivity contribution in [3.05, 3.63) is 33.9 Å². The molecule has 0 aliphatic rings. The molecule has 0 aliphatic heterocycles. The summed E-state index contributed by atoms with van der Waals surface area (Å²) in [6.07, 6.45) is -5.55. The standard InChI is InChI=1S/C9H7F3N2O4/c10-9(11,12)18-7-2-1-6(14(16)17)3-5(7)4-8(13)15/h1-3H,4H2,(H2,13,15). The summed E-state index contributed by atoms with van der Waals surface area (Å²) in [4.78, 5) is 20.3. The molecule has 6 nitrogen and oxygen atoms in total. The summed E-state index contributed by atoms with van der Waals surface area (Å²) in [5.74, 6) is -1.62. The number of hydrogen-bond acceptors (Lipinski definition) is 4. The third-order valence-corrected chi connectivity index (χ3v) is 1.85. The third kappa shape index (κ3) is 3.92. The van der Waals surface area contributed by atoms with Crippen molar-refractivity contribution in [3.63, 3.8) is 0 Å². The second-order valence-corrected chi connectivity index (χ2v) is 3.24. The van der Waals surface area contributed by atoms with Crippen molar-refractivity contribution >= 4 is 11.6 Å². The van der Waals surface area contributed by atoms with Crippen LogP contribution in [0.1, 0.15) is 5.56 Å². The largest absolute Gasteiger partial charge is 0.573 e. The summed E-state index contributed by atoms with van der Waals surface area (Å²) in [5, 5.41) is 10.5. The van der Waals surface area contributed by atoms with Crippen LogP contribution < -0.4 is 10.5 Å². The van der Waals surface area contributed by atoms with E-state index < -0.39 is 35.1 Å². The molecule has 0 unspecified atom stereocenters. The lowest BCUT2D eigenvalue weighted by molar-refractivity contribution is -0.385. The van der Waals surface area contributed by atoms with Gasteiger partial charge in [0.05, 0.1) is 11.3 Å². The third-order valence-electron chi connectivity index (χ3n) is 1.85. The zero-order chi connectivity index (χ0) is 13.9. The van der Waals surface area contributed by atoms with E-state index in [1.165, 1.54) is 0 Å². The van der Waals surface area contributed by atoms with Crippen molar-refractivity contribution in [1.82, 2.24) is 0 Å². The SMILES string of the molecule is NC(=O)Cc1cc([N+](=O)[O-])ccc1OC(F)(F)F. The number of nitro groups is 1. The van der Waals surface area contributed by atoms with Crippen LogP contribution >= 0.6 is 0 Å². The van der Waals surface area contributed by atoms with Crippen LogP contribution in [-0.4, -0.2) is 17.2 Å². The minimum absolute atomic E-state index is 0.297. The summed E-state index contributed by atoms with van der Waals surface area (Å²) in [7, 11) is 0. The Balaban J connectivity index is 3.16. The Morgan fingerprint density at radius 3 is 2.50 bits per heavy atom. The molecular formula is C9H7F3N2O4. The number of rotatable bonds is 4.